The Morgan fingerprint density at radius 3 is 2.55 bits per heavy atom. The molecule has 1 aromatic rings. The van der Waals surface area contributed by atoms with Gasteiger partial charge in [0.05, 0.1) is 0 Å². The van der Waals surface area contributed by atoms with Gasteiger partial charge >= 0.3 is 0 Å². The number of aromatic nitrogens is 1. The normalized spacial score (nSPS) is 18.8. The highest BCUT2D eigenvalue weighted by Gasteiger charge is 2.32. The summed E-state index contributed by atoms with van der Waals surface area (Å²) < 4.78 is 0. The van der Waals surface area contributed by atoms with Crippen molar-refractivity contribution in [3.63, 3.8) is 0 Å². The lowest BCUT2D eigenvalue weighted by Crippen LogP contribution is -2.51. The lowest BCUT2D eigenvalue weighted by atomic mass is 10.0. The average Bonchev–Trinajstić information content (AvgIpc) is 2.44. The predicted molar refractivity (Wildman–Crippen MR) is 77.0 cm³/mol. The maximum absolute atomic E-state index is 12.5. The van der Waals surface area contributed by atoms with Gasteiger partial charge < -0.3 is 10.2 Å². The number of halogens is 2. The number of rotatable bonds is 2. The second-order valence-electron chi connectivity index (χ2n) is 4.63. The molecule has 0 radical (unpaired) electrons. The monoisotopic (exact) mass is 315 g/mol. The maximum Gasteiger partial charge on any atom is 0.254 e. The third-order valence-electron chi connectivity index (χ3n) is 3.32. The molecule has 1 aliphatic rings. The number of pyridine rings is 1. The Morgan fingerprint density at radius 2 is 1.95 bits per heavy atom. The molecule has 7 heteroatoms. The molecule has 1 saturated heterocycles. The molecule has 5 nitrogen and oxygen atoms in total. The smallest absolute Gasteiger partial charge is 0.254 e. The van der Waals surface area contributed by atoms with E-state index < -0.39 is 6.04 Å². The minimum atomic E-state index is -0.438. The van der Waals surface area contributed by atoms with Gasteiger partial charge in [-0.2, -0.15) is 0 Å². The van der Waals surface area contributed by atoms with Gasteiger partial charge in [0.1, 0.15) is 16.3 Å². The van der Waals surface area contributed by atoms with E-state index in [1.165, 1.54) is 12.1 Å². The van der Waals surface area contributed by atoms with Crippen LogP contribution < -0.4 is 5.32 Å². The molecule has 0 spiro atoms. The van der Waals surface area contributed by atoms with Gasteiger partial charge in [-0.25, -0.2) is 4.98 Å². The van der Waals surface area contributed by atoms with Crippen molar-refractivity contribution in [3.05, 3.63) is 28.0 Å². The van der Waals surface area contributed by atoms with E-state index in [1.807, 2.05) is 0 Å². The number of carbonyl (C=O) groups is 2. The summed E-state index contributed by atoms with van der Waals surface area (Å²) in [7, 11) is 1.57. The van der Waals surface area contributed by atoms with E-state index in [1.54, 1.807) is 11.9 Å². The zero-order valence-electron chi connectivity index (χ0n) is 11.0. The third-order valence-corrected chi connectivity index (χ3v) is 3.71. The molecule has 0 aliphatic carbocycles. The topological polar surface area (TPSA) is 62.3 Å². The first-order chi connectivity index (χ1) is 9.52. The second-order valence-corrected chi connectivity index (χ2v) is 5.40. The first kappa shape index (κ1) is 15.1. The van der Waals surface area contributed by atoms with Crippen LogP contribution in [0.2, 0.25) is 10.3 Å². The first-order valence-electron chi connectivity index (χ1n) is 6.38. The molecule has 20 heavy (non-hydrogen) atoms. The van der Waals surface area contributed by atoms with Gasteiger partial charge in [0, 0.05) is 19.2 Å². The Balaban J connectivity index is 2.27. The fraction of sp³-hybridized carbons (Fsp3) is 0.462. The molecular weight excluding hydrogens is 301 g/mol. The molecule has 1 aliphatic heterocycles. The molecule has 0 aromatic carbocycles. The molecule has 2 amide bonds. The summed E-state index contributed by atoms with van der Waals surface area (Å²) in [5.41, 5.74) is 0.353. The fourth-order valence-corrected chi connectivity index (χ4v) is 2.83. The molecule has 108 valence electrons. The quantitative estimate of drug-likeness (QED) is 0.850. The van der Waals surface area contributed by atoms with E-state index in [2.05, 4.69) is 10.3 Å². The summed E-state index contributed by atoms with van der Waals surface area (Å²) in [5.74, 6) is -0.395. The Labute approximate surface area is 127 Å². The molecule has 0 saturated carbocycles. The van der Waals surface area contributed by atoms with Gasteiger partial charge in [0.15, 0.2) is 0 Å². The number of hydrogen-bond donors (Lipinski definition) is 1. The van der Waals surface area contributed by atoms with Crippen LogP contribution >= 0.6 is 23.2 Å². The Morgan fingerprint density at radius 1 is 1.30 bits per heavy atom. The highest BCUT2D eigenvalue weighted by molar-refractivity contribution is 6.33. The molecular formula is C13H15Cl2N3O2. The van der Waals surface area contributed by atoms with Crippen LogP contribution in [0, 0.1) is 0 Å². The summed E-state index contributed by atoms with van der Waals surface area (Å²) >= 11 is 11.6. The molecule has 1 N–H and O–H groups in total. The lowest BCUT2D eigenvalue weighted by molar-refractivity contribution is -0.126. The number of likely N-dealkylation sites (tertiary alicyclic amines) is 1. The van der Waals surface area contributed by atoms with Gasteiger partial charge in [-0.1, -0.05) is 23.2 Å². The van der Waals surface area contributed by atoms with Crippen LogP contribution in [0.1, 0.15) is 29.6 Å². The minimum absolute atomic E-state index is 0.149. The number of likely N-dealkylation sites (N-methyl/N-ethyl adjacent to an activating group) is 1. The number of amides is 2. The van der Waals surface area contributed by atoms with Gasteiger partial charge in [-0.05, 0) is 31.4 Å². The van der Waals surface area contributed by atoms with Crippen molar-refractivity contribution in [2.45, 2.75) is 25.3 Å². The van der Waals surface area contributed by atoms with Crippen LogP contribution in [0.25, 0.3) is 0 Å². The van der Waals surface area contributed by atoms with Crippen LogP contribution in [0.3, 0.4) is 0 Å². The van der Waals surface area contributed by atoms with E-state index in [0.29, 0.717) is 18.5 Å². The van der Waals surface area contributed by atoms with Crippen molar-refractivity contribution < 1.29 is 9.59 Å². The van der Waals surface area contributed by atoms with Crippen molar-refractivity contribution in [2.24, 2.45) is 0 Å². The largest absolute Gasteiger partial charge is 0.357 e. The molecule has 1 aromatic heterocycles. The molecule has 1 atom stereocenters. The molecule has 1 unspecified atom stereocenters. The number of nitrogens with zero attached hydrogens (tertiary/aromatic N) is 2. The fourth-order valence-electron chi connectivity index (χ4n) is 2.37. The molecule has 2 rings (SSSR count). The first-order valence-corrected chi connectivity index (χ1v) is 7.14. The number of carbonyl (C=O) groups excluding carboxylic acids is 2. The summed E-state index contributed by atoms with van der Waals surface area (Å²) in [6.07, 6.45) is 2.48. The highest BCUT2D eigenvalue weighted by atomic mass is 35.5. The van der Waals surface area contributed by atoms with Crippen LogP contribution in [0.4, 0.5) is 0 Å². The molecule has 2 heterocycles. The van der Waals surface area contributed by atoms with Crippen molar-refractivity contribution >= 4 is 35.0 Å². The van der Waals surface area contributed by atoms with E-state index in [0.717, 1.165) is 12.8 Å². The molecule has 1 fully saturated rings. The summed E-state index contributed by atoms with van der Waals surface area (Å²) in [6.45, 7) is 0.550. The van der Waals surface area contributed by atoms with Crippen LogP contribution in [0.5, 0.6) is 0 Å². The Hall–Kier alpha value is -1.33. The maximum atomic E-state index is 12.5. The Bertz CT molecular complexity index is 516. The molecule has 0 bridgehead atoms. The van der Waals surface area contributed by atoms with Crippen molar-refractivity contribution in [2.75, 3.05) is 13.6 Å². The number of nitrogens with one attached hydrogen (secondary N) is 1. The van der Waals surface area contributed by atoms with Gasteiger partial charge in [-0.15, -0.1) is 0 Å². The van der Waals surface area contributed by atoms with Crippen molar-refractivity contribution in [1.29, 1.82) is 0 Å². The van der Waals surface area contributed by atoms with Gasteiger partial charge in [0.2, 0.25) is 5.91 Å². The van der Waals surface area contributed by atoms with E-state index in [-0.39, 0.29) is 22.1 Å². The zero-order chi connectivity index (χ0) is 14.7. The minimum Gasteiger partial charge on any atom is -0.357 e. The second kappa shape index (κ2) is 6.41. The lowest BCUT2D eigenvalue weighted by Gasteiger charge is -2.34. The van der Waals surface area contributed by atoms with Gasteiger partial charge in [-0.3, -0.25) is 9.59 Å². The van der Waals surface area contributed by atoms with E-state index in [9.17, 15) is 9.59 Å². The van der Waals surface area contributed by atoms with Crippen molar-refractivity contribution in [1.82, 2.24) is 15.2 Å². The summed E-state index contributed by atoms with van der Waals surface area (Å²) in [5, 5.41) is 2.92. The number of hydrogen-bond acceptors (Lipinski definition) is 3. The van der Waals surface area contributed by atoms with Crippen LogP contribution in [-0.4, -0.2) is 41.3 Å². The van der Waals surface area contributed by atoms with Crippen LogP contribution in [-0.2, 0) is 4.79 Å². The van der Waals surface area contributed by atoms with E-state index >= 15 is 0 Å². The highest BCUT2D eigenvalue weighted by Crippen LogP contribution is 2.22. The summed E-state index contributed by atoms with van der Waals surface area (Å²) in [6, 6.07) is 2.49. The van der Waals surface area contributed by atoms with E-state index in [4.69, 9.17) is 23.2 Å². The average molecular weight is 316 g/mol. The number of piperidine rings is 1. The van der Waals surface area contributed by atoms with Crippen LogP contribution in [0.15, 0.2) is 12.1 Å². The summed E-state index contributed by atoms with van der Waals surface area (Å²) in [4.78, 5) is 29.8. The van der Waals surface area contributed by atoms with Crippen molar-refractivity contribution in [3.8, 4) is 0 Å². The third kappa shape index (κ3) is 3.22. The Kier molecular flexibility index (Phi) is 4.83. The predicted octanol–water partition coefficient (Wildman–Crippen LogP) is 2.13. The standard InChI is InChI=1S/C13H15Cl2N3O2/c1-16-12(19)9-4-2-3-5-18(9)13(20)8-6-10(14)17-11(15)7-8/h6-7,9H,2-5H2,1H3,(H,16,19). The zero-order valence-corrected chi connectivity index (χ0v) is 12.5. The SMILES string of the molecule is CNC(=O)C1CCCCN1C(=O)c1cc(Cl)nc(Cl)c1. The van der Waals surface area contributed by atoms with Gasteiger partial charge in [0.25, 0.3) is 5.91 Å².